The van der Waals surface area contributed by atoms with Gasteiger partial charge in [-0.2, -0.15) is 0 Å². The van der Waals surface area contributed by atoms with Crippen molar-refractivity contribution >= 4 is 16.1 Å². The number of urea groups is 1. The molecule has 1 atom stereocenters. The van der Waals surface area contributed by atoms with Crippen LogP contribution in [0.1, 0.15) is 26.2 Å². The zero-order valence-corrected chi connectivity index (χ0v) is 12.2. The predicted octanol–water partition coefficient (Wildman–Crippen LogP) is -0.519. The Morgan fingerprint density at radius 1 is 1.42 bits per heavy atom. The Kier molecular flexibility index (Phi) is 6.02. The fraction of sp³-hybridized carbons (Fsp3) is 0.909. The molecule has 3 N–H and O–H groups in total. The van der Waals surface area contributed by atoms with Gasteiger partial charge in [-0.25, -0.2) is 17.5 Å². The van der Waals surface area contributed by atoms with Gasteiger partial charge in [-0.15, -0.1) is 0 Å². The average Bonchev–Trinajstić information content (AvgIpc) is 2.35. The summed E-state index contributed by atoms with van der Waals surface area (Å²) in [6.07, 6.45) is 3.07. The van der Waals surface area contributed by atoms with Crippen LogP contribution in [0.3, 0.4) is 0 Å². The number of aliphatic hydroxyl groups excluding tert-OH is 1. The minimum absolute atomic E-state index is 0.0193. The number of nitrogens with one attached hydrogen (secondary N) is 2. The van der Waals surface area contributed by atoms with Crippen molar-refractivity contribution in [3.63, 3.8) is 0 Å². The van der Waals surface area contributed by atoms with Crippen LogP contribution in [0.2, 0.25) is 0 Å². The molecule has 7 nitrogen and oxygen atoms in total. The molecule has 1 saturated heterocycles. The average molecular weight is 293 g/mol. The first-order valence-corrected chi connectivity index (χ1v) is 8.34. The van der Waals surface area contributed by atoms with Crippen molar-refractivity contribution in [1.29, 1.82) is 0 Å². The number of hydrogen-bond donors (Lipinski definition) is 3. The predicted molar refractivity (Wildman–Crippen MR) is 72.3 cm³/mol. The molecule has 0 aromatic heterocycles. The molecule has 0 radical (unpaired) electrons. The molecule has 0 unspecified atom stereocenters. The second-order valence-electron chi connectivity index (χ2n) is 4.84. The van der Waals surface area contributed by atoms with E-state index in [1.54, 1.807) is 0 Å². The number of aliphatic hydroxyl groups is 1. The number of nitrogens with zero attached hydrogens (tertiary/aromatic N) is 1. The van der Waals surface area contributed by atoms with E-state index in [0.29, 0.717) is 32.4 Å². The molecule has 1 aliphatic rings. The summed E-state index contributed by atoms with van der Waals surface area (Å²) in [7, 11) is -3.13. The highest BCUT2D eigenvalue weighted by Gasteiger charge is 2.25. The third-order valence-corrected chi connectivity index (χ3v) is 4.61. The van der Waals surface area contributed by atoms with E-state index < -0.39 is 10.0 Å². The normalized spacial score (nSPS) is 19.9. The lowest BCUT2D eigenvalue weighted by atomic mass is 10.1. The lowest BCUT2D eigenvalue weighted by Gasteiger charge is -2.31. The van der Waals surface area contributed by atoms with Crippen LogP contribution < -0.4 is 10.6 Å². The van der Waals surface area contributed by atoms with E-state index in [-0.39, 0.29) is 24.7 Å². The van der Waals surface area contributed by atoms with Gasteiger partial charge < -0.3 is 15.7 Å². The molecule has 1 aliphatic heterocycles. The Bertz CT molecular complexity index is 387. The third-order valence-electron chi connectivity index (χ3n) is 3.31. The number of carbonyl (C=O) groups is 1. The van der Waals surface area contributed by atoms with Crippen LogP contribution in [0.5, 0.6) is 0 Å². The molecule has 112 valence electrons. The number of hydrogen-bond acceptors (Lipinski definition) is 4. The molecule has 0 saturated carbocycles. The van der Waals surface area contributed by atoms with Gasteiger partial charge >= 0.3 is 6.03 Å². The summed E-state index contributed by atoms with van der Waals surface area (Å²) in [5.74, 6) is 0. The second kappa shape index (κ2) is 7.06. The first kappa shape index (κ1) is 16.2. The second-order valence-corrected chi connectivity index (χ2v) is 6.82. The summed E-state index contributed by atoms with van der Waals surface area (Å²) < 4.78 is 24.1. The topological polar surface area (TPSA) is 98.7 Å². The van der Waals surface area contributed by atoms with E-state index in [9.17, 15) is 13.2 Å². The minimum atomic E-state index is -3.13. The van der Waals surface area contributed by atoms with Crippen molar-refractivity contribution in [1.82, 2.24) is 14.9 Å². The van der Waals surface area contributed by atoms with Crippen molar-refractivity contribution in [3.05, 3.63) is 0 Å². The van der Waals surface area contributed by atoms with Gasteiger partial charge in [0.2, 0.25) is 10.0 Å². The Morgan fingerprint density at radius 2 is 2.00 bits per heavy atom. The van der Waals surface area contributed by atoms with Crippen molar-refractivity contribution in [2.24, 2.45) is 0 Å². The SMILES string of the molecule is CC[C@H](CO)NC(=O)NC1CCN(S(C)(=O)=O)CC1. The molecule has 1 rings (SSSR count). The van der Waals surface area contributed by atoms with Gasteiger partial charge in [0.25, 0.3) is 0 Å². The number of carbonyl (C=O) groups excluding carboxylic acids is 1. The fourth-order valence-electron chi connectivity index (χ4n) is 2.02. The lowest BCUT2D eigenvalue weighted by molar-refractivity contribution is 0.206. The van der Waals surface area contributed by atoms with Gasteiger partial charge in [-0.05, 0) is 19.3 Å². The van der Waals surface area contributed by atoms with Crippen LogP contribution in [0, 0.1) is 0 Å². The Morgan fingerprint density at radius 3 is 2.42 bits per heavy atom. The molecule has 0 aromatic carbocycles. The van der Waals surface area contributed by atoms with E-state index in [2.05, 4.69) is 10.6 Å². The van der Waals surface area contributed by atoms with E-state index in [1.807, 2.05) is 6.92 Å². The highest BCUT2D eigenvalue weighted by molar-refractivity contribution is 7.88. The van der Waals surface area contributed by atoms with Crippen LogP contribution in [-0.4, -0.2) is 61.9 Å². The summed E-state index contributed by atoms with van der Waals surface area (Å²) in [4.78, 5) is 11.7. The van der Waals surface area contributed by atoms with E-state index in [0.717, 1.165) is 0 Å². The smallest absolute Gasteiger partial charge is 0.315 e. The molecule has 0 spiro atoms. The van der Waals surface area contributed by atoms with E-state index in [1.165, 1.54) is 10.6 Å². The van der Waals surface area contributed by atoms with Crippen LogP contribution in [-0.2, 0) is 10.0 Å². The van der Waals surface area contributed by atoms with Gasteiger partial charge in [-0.1, -0.05) is 6.92 Å². The highest BCUT2D eigenvalue weighted by Crippen LogP contribution is 2.12. The number of amides is 2. The molecule has 0 aromatic rings. The molecular weight excluding hydrogens is 270 g/mol. The number of sulfonamides is 1. The molecule has 0 aliphatic carbocycles. The van der Waals surface area contributed by atoms with Gasteiger partial charge in [0, 0.05) is 19.1 Å². The zero-order valence-electron chi connectivity index (χ0n) is 11.4. The summed E-state index contributed by atoms with van der Waals surface area (Å²) in [5, 5.41) is 14.5. The molecule has 2 amide bonds. The monoisotopic (exact) mass is 293 g/mol. The van der Waals surface area contributed by atoms with Gasteiger partial charge in [-0.3, -0.25) is 0 Å². The highest BCUT2D eigenvalue weighted by atomic mass is 32.2. The standard InChI is InChI=1S/C11H23N3O4S/c1-3-9(8-15)12-11(16)13-10-4-6-14(7-5-10)19(2,17)18/h9-10,15H,3-8H2,1-2H3,(H2,12,13,16)/t9-/m1/s1. The van der Waals surface area contributed by atoms with E-state index in [4.69, 9.17) is 5.11 Å². The summed E-state index contributed by atoms with van der Waals surface area (Å²) in [5.41, 5.74) is 0. The molecule has 1 heterocycles. The molecule has 1 fully saturated rings. The third kappa shape index (κ3) is 5.33. The summed E-state index contributed by atoms with van der Waals surface area (Å²) in [6, 6.07) is -0.566. The summed E-state index contributed by atoms with van der Waals surface area (Å²) in [6.45, 7) is 2.66. The van der Waals surface area contributed by atoms with Gasteiger partial charge in [0.05, 0.1) is 18.9 Å². The maximum Gasteiger partial charge on any atom is 0.315 e. The Balaban J connectivity index is 2.35. The lowest BCUT2D eigenvalue weighted by Crippen LogP contribution is -2.51. The van der Waals surface area contributed by atoms with Gasteiger partial charge in [0.15, 0.2) is 0 Å². The zero-order chi connectivity index (χ0) is 14.5. The van der Waals surface area contributed by atoms with Gasteiger partial charge in [0.1, 0.15) is 0 Å². The maximum absolute atomic E-state index is 11.7. The molecular formula is C11H23N3O4S. The van der Waals surface area contributed by atoms with Crippen LogP contribution in [0.25, 0.3) is 0 Å². The minimum Gasteiger partial charge on any atom is -0.394 e. The fourth-order valence-corrected chi connectivity index (χ4v) is 2.90. The van der Waals surface area contributed by atoms with Crippen LogP contribution >= 0.6 is 0 Å². The number of piperidine rings is 1. The first-order valence-electron chi connectivity index (χ1n) is 6.49. The van der Waals surface area contributed by atoms with Crippen molar-refractivity contribution < 1.29 is 18.3 Å². The van der Waals surface area contributed by atoms with E-state index >= 15 is 0 Å². The molecule has 19 heavy (non-hydrogen) atoms. The Labute approximate surface area is 114 Å². The molecule has 0 bridgehead atoms. The largest absolute Gasteiger partial charge is 0.394 e. The molecule has 8 heteroatoms. The quantitative estimate of drug-likeness (QED) is 0.635. The van der Waals surface area contributed by atoms with Crippen LogP contribution in [0.15, 0.2) is 0 Å². The number of rotatable bonds is 5. The van der Waals surface area contributed by atoms with Crippen LogP contribution in [0.4, 0.5) is 4.79 Å². The summed E-state index contributed by atoms with van der Waals surface area (Å²) >= 11 is 0. The maximum atomic E-state index is 11.7. The van der Waals surface area contributed by atoms with Crippen molar-refractivity contribution in [3.8, 4) is 0 Å². The van der Waals surface area contributed by atoms with Crippen molar-refractivity contribution in [2.45, 2.75) is 38.3 Å². The Hall–Kier alpha value is -0.860. The first-order chi connectivity index (χ1) is 8.86. The van der Waals surface area contributed by atoms with Crippen molar-refractivity contribution in [2.75, 3.05) is 26.0 Å².